The van der Waals surface area contributed by atoms with Crippen LogP contribution in [0.25, 0.3) is 0 Å². The molecule has 0 aromatic heterocycles. The highest BCUT2D eigenvalue weighted by Gasteiger charge is 2.11. The van der Waals surface area contributed by atoms with Gasteiger partial charge in [0.25, 0.3) is 5.91 Å². The van der Waals surface area contributed by atoms with E-state index >= 15 is 0 Å². The van der Waals surface area contributed by atoms with Crippen molar-refractivity contribution >= 4 is 40.4 Å². The highest BCUT2D eigenvalue weighted by atomic mass is 35.5. The van der Waals surface area contributed by atoms with Crippen molar-refractivity contribution in [3.8, 4) is 0 Å². The third kappa shape index (κ3) is 3.31. The van der Waals surface area contributed by atoms with Gasteiger partial charge in [0, 0.05) is 16.1 Å². The van der Waals surface area contributed by atoms with Gasteiger partial charge < -0.3 is 11.1 Å². The first-order chi connectivity index (χ1) is 9.47. The Morgan fingerprint density at radius 3 is 2.65 bits per heavy atom. The fourth-order valence-electron chi connectivity index (χ4n) is 1.65. The Kier molecular flexibility index (Phi) is 4.32. The lowest BCUT2D eigenvalue weighted by molar-refractivity contribution is 0.102. The monoisotopic (exact) mass is 308 g/mol. The molecule has 0 unspecified atom stereocenters. The Morgan fingerprint density at radius 1 is 1.25 bits per heavy atom. The maximum atomic E-state index is 13.2. The molecule has 0 fully saturated rings. The minimum absolute atomic E-state index is 0.00546. The molecule has 102 valence electrons. The zero-order valence-corrected chi connectivity index (χ0v) is 11.8. The second kappa shape index (κ2) is 5.98. The van der Waals surface area contributed by atoms with Gasteiger partial charge in [0.05, 0.1) is 5.69 Å². The third-order valence-corrected chi connectivity index (χ3v) is 3.04. The highest BCUT2D eigenvalue weighted by molar-refractivity contribution is 7.80. The zero-order chi connectivity index (χ0) is 14.7. The standard InChI is InChI=1S/C14H10ClFN2OS/c15-9-3-1-2-8(6-9)14(19)18-12-5-4-10(16)7-11(12)13(17)20/h1-7H,(H2,17,20)(H,18,19). The summed E-state index contributed by atoms with van der Waals surface area (Å²) in [6.45, 7) is 0. The zero-order valence-electron chi connectivity index (χ0n) is 10.2. The summed E-state index contributed by atoms with van der Waals surface area (Å²) in [5.41, 5.74) is 6.52. The molecule has 0 aliphatic rings. The van der Waals surface area contributed by atoms with Gasteiger partial charge in [-0.2, -0.15) is 0 Å². The fourth-order valence-corrected chi connectivity index (χ4v) is 2.01. The Hall–Kier alpha value is -1.98. The van der Waals surface area contributed by atoms with Gasteiger partial charge in [-0.3, -0.25) is 4.79 Å². The summed E-state index contributed by atoms with van der Waals surface area (Å²) in [6.07, 6.45) is 0. The number of thiocarbonyl (C=S) groups is 1. The predicted molar refractivity (Wildman–Crippen MR) is 81.7 cm³/mol. The largest absolute Gasteiger partial charge is 0.389 e. The normalized spacial score (nSPS) is 10.1. The van der Waals surface area contributed by atoms with Crippen LogP contribution in [0.15, 0.2) is 42.5 Å². The van der Waals surface area contributed by atoms with E-state index in [2.05, 4.69) is 5.32 Å². The van der Waals surface area contributed by atoms with Gasteiger partial charge in [0.2, 0.25) is 0 Å². The predicted octanol–water partition coefficient (Wildman–Crippen LogP) is 3.37. The van der Waals surface area contributed by atoms with Gasteiger partial charge in [0.15, 0.2) is 0 Å². The lowest BCUT2D eigenvalue weighted by atomic mass is 10.1. The molecule has 2 rings (SSSR count). The van der Waals surface area contributed by atoms with Gasteiger partial charge in [-0.25, -0.2) is 4.39 Å². The van der Waals surface area contributed by atoms with Crippen molar-refractivity contribution in [3.63, 3.8) is 0 Å². The average Bonchev–Trinajstić information content (AvgIpc) is 2.40. The van der Waals surface area contributed by atoms with E-state index < -0.39 is 5.82 Å². The van der Waals surface area contributed by atoms with Crippen LogP contribution < -0.4 is 11.1 Å². The molecule has 3 nitrogen and oxygen atoms in total. The van der Waals surface area contributed by atoms with E-state index in [0.717, 1.165) is 0 Å². The minimum atomic E-state index is -0.478. The Balaban J connectivity index is 2.30. The van der Waals surface area contributed by atoms with Crippen LogP contribution in [0.5, 0.6) is 0 Å². The molecular formula is C14H10ClFN2OS. The molecule has 2 aromatic rings. The molecule has 0 aliphatic carbocycles. The number of benzene rings is 2. The number of rotatable bonds is 3. The van der Waals surface area contributed by atoms with Crippen molar-refractivity contribution < 1.29 is 9.18 Å². The summed E-state index contributed by atoms with van der Waals surface area (Å²) in [4.78, 5) is 12.1. The number of anilines is 1. The number of hydrogen-bond acceptors (Lipinski definition) is 2. The number of nitrogens with two attached hydrogens (primary N) is 1. The van der Waals surface area contributed by atoms with Gasteiger partial charge in [-0.1, -0.05) is 29.9 Å². The summed E-state index contributed by atoms with van der Waals surface area (Å²) < 4.78 is 13.2. The third-order valence-electron chi connectivity index (χ3n) is 2.58. The van der Waals surface area contributed by atoms with Crippen molar-refractivity contribution in [1.82, 2.24) is 0 Å². The maximum absolute atomic E-state index is 13.2. The first-order valence-corrected chi connectivity index (χ1v) is 6.42. The molecule has 0 radical (unpaired) electrons. The van der Waals surface area contributed by atoms with E-state index in [4.69, 9.17) is 29.6 Å². The summed E-state index contributed by atoms with van der Waals surface area (Å²) in [7, 11) is 0. The van der Waals surface area contributed by atoms with E-state index in [1.165, 1.54) is 24.3 Å². The van der Waals surface area contributed by atoms with E-state index in [0.29, 0.717) is 16.3 Å². The molecule has 3 N–H and O–H groups in total. The van der Waals surface area contributed by atoms with Gasteiger partial charge in [-0.05, 0) is 36.4 Å². The maximum Gasteiger partial charge on any atom is 0.255 e. The second-order valence-corrected chi connectivity index (χ2v) is 4.89. The molecule has 0 aliphatic heterocycles. The van der Waals surface area contributed by atoms with Crippen LogP contribution in [0, 0.1) is 5.82 Å². The lowest BCUT2D eigenvalue weighted by Crippen LogP contribution is -2.17. The van der Waals surface area contributed by atoms with E-state index in [1.807, 2.05) is 0 Å². The molecule has 2 aromatic carbocycles. The minimum Gasteiger partial charge on any atom is -0.389 e. The summed E-state index contributed by atoms with van der Waals surface area (Å²) >= 11 is 10.7. The number of carbonyl (C=O) groups excluding carboxylic acids is 1. The van der Waals surface area contributed by atoms with Crippen LogP contribution >= 0.6 is 23.8 Å². The van der Waals surface area contributed by atoms with Crippen molar-refractivity contribution in [3.05, 3.63) is 64.4 Å². The first-order valence-electron chi connectivity index (χ1n) is 5.63. The number of carbonyl (C=O) groups is 1. The molecule has 0 atom stereocenters. The van der Waals surface area contributed by atoms with Crippen LogP contribution in [0.3, 0.4) is 0 Å². The molecule has 0 saturated carbocycles. The van der Waals surface area contributed by atoms with Crippen LogP contribution in [0.1, 0.15) is 15.9 Å². The molecule has 0 spiro atoms. The van der Waals surface area contributed by atoms with Crippen molar-refractivity contribution in [1.29, 1.82) is 0 Å². The number of halogens is 2. The summed E-state index contributed by atoms with van der Waals surface area (Å²) in [5, 5.41) is 3.08. The van der Waals surface area contributed by atoms with Crippen molar-refractivity contribution in [2.75, 3.05) is 5.32 Å². The number of amides is 1. The molecule has 1 amide bonds. The molecule has 0 heterocycles. The average molecular weight is 309 g/mol. The second-order valence-electron chi connectivity index (χ2n) is 4.02. The smallest absolute Gasteiger partial charge is 0.255 e. The topological polar surface area (TPSA) is 55.1 Å². The quantitative estimate of drug-likeness (QED) is 0.855. The van der Waals surface area contributed by atoms with E-state index in [-0.39, 0.29) is 16.5 Å². The SMILES string of the molecule is NC(=S)c1cc(F)ccc1NC(=O)c1cccc(Cl)c1. The van der Waals surface area contributed by atoms with Gasteiger partial charge in [0.1, 0.15) is 10.8 Å². The van der Waals surface area contributed by atoms with E-state index in [1.54, 1.807) is 18.2 Å². The van der Waals surface area contributed by atoms with Crippen LogP contribution in [-0.2, 0) is 0 Å². The van der Waals surface area contributed by atoms with E-state index in [9.17, 15) is 9.18 Å². The first kappa shape index (κ1) is 14.4. The molecule has 0 saturated heterocycles. The Morgan fingerprint density at radius 2 is 2.00 bits per heavy atom. The number of nitrogens with one attached hydrogen (secondary N) is 1. The van der Waals surface area contributed by atoms with Crippen molar-refractivity contribution in [2.24, 2.45) is 5.73 Å². The van der Waals surface area contributed by atoms with Crippen LogP contribution in [0.4, 0.5) is 10.1 Å². The van der Waals surface area contributed by atoms with Gasteiger partial charge in [-0.15, -0.1) is 0 Å². The summed E-state index contributed by atoms with van der Waals surface area (Å²) in [6, 6.07) is 10.3. The Bertz CT molecular complexity index is 691. The molecule has 20 heavy (non-hydrogen) atoms. The molecular weight excluding hydrogens is 299 g/mol. The lowest BCUT2D eigenvalue weighted by Gasteiger charge is -2.10. The van der Waals surface area contributed by atoms with Crippen LogP contribution in [-0.4, -0.2) is 10.9 Å². The molecule has 6 heteroatoms. The Labute approximate surface area is 125 Å². The summed E-state index contributed by atoms with van der Waals surface area (Å²) in [5.74, 6) is -0.856. The van der Waals surface area contributed by atoms with Crippen LogP contribution in [0.2, 0.25) is 5.02 Å². The number of hydrogen-bond donors (Lipinski definition) is 2. The fraction of sp³-hybridized carbons (Fsp3) is 0. The van der Waals surface area contributed by atoms with Gasteiger partial charge >= 0.3 is 0 Å². The highest BCUT2D eigenvalue weighted by Crippen LogP contribution is 2.19. The molecule has 0 bridgehead atoms. The van der Waals surface area contributed by atoms with Crippen molar-refractivity contribution in [2.45, 2.75) is 0 Å².